The van der Waals surface area contributed by atoms with Crippen LogP contribution in [0.4, 0.5) is 0 Å². The van der Waals surface area contributed by atoms with E-state index in [0.29, 0.717) is 12.5 Å². The Labute approximate surface area is 85.7 Å². The molecule has 1 saturated heterocycles. The summed E-state index contributed by atoms with van der Waals surface area (Å²) in [6.07, 6.45) is 5.64. The lowest BCUT2D eigenvalue weighted by molar-refractivity contribution is -0.113. The Kier molecular flexibility index (Phi) is 3.10. The third-order valence-electron chi connectivity index (χ3n) is 3.46. The van der Waals surface area contributed by atoms with Gasteiger partial charge < -0.3 is 10.2 Å². The lowest BCUT2D eigenvalue weighted by atomic mass is 9.88. The van der Waals surface area contributed by atoms with Crippen LogP contribution in [0.3, 0.4) is 0 Å². The van der Waals surface area contributed by atoms with Crippen molar-refractivity contribution in [2.45, 2.75) is 37.7 Å². The van der Waals surface area contributed by atoms with Gasteiger partial charge in [0, 0.05) is 19.7 Å². The minimum atomic E-state index is -0.322. The fourth-order valence-corrected chi connectivity index (χ4v) is 2.39. The molecular weight excluding hydrogens is 178 g/mol. The maximum absolute atomic E-state index is 10.0. The predicted molar refractivity (Wildman–Crippen MR) is 55.1 cm³/mol. The van der Waals surface area contributed by atoms with E-state index in [2.05, 4.69) is 4.90 Å². The number of likely N-dealkylation sites (tertiary alicyclic amines) is 1. The van der Waals surface area contributed by atoms with Gasteiger partial charge in [-0.25, -0.2) is 0 Å². The van der Waals surface area contributed by atoms with E-state index in [0.717, 1.165) is 38.9 Å². The number of nitrogens with zero attached hydrogens (tertiary/aromatic N) is 1. The van der Waals surface area contributed by atoms with Crippen molar-refractivity contribution in [2.75, 3.05) is 26.2 Å². The summed E-state index contributed by atoms with van der Waals surface area (Å²) in [6, 6.07) is 0. The molecule has 2 fully saturated rings. The van der Waals surface area contributed by atoms with Gasteiger partial charge >= 0.3 is 0 Å². The highest BCUT2D eigenvalue weighted by Crippen LogP contribution is 2.44. The lowest BCUT2D eigenvalue weighted by Crippen LogP contribution is -2.63. The molecule has 1 heterocycles. The Morgan fingerprint density at radius 3 is 2.43 bits per heavy atom. The number of rotatable bonds is 6. The monoisotopic (exact) mass is 199 g/mol. The standard InChI is InChI=1S/C11H21NO2/c13-7-3-1-2-6-12-8-11(14,9-12)10-4-5-10/h10,13-14H,1-9H2. The first-order chi connectivity index (χ1) is 6.74. The van der Waals surface area contributed by atoms with Crippen molar-refractivity contribution in [2.24, 2.45) is 5.92 Å². The van der Waals surface area contributed by atoms with E-state index >= 15 is 0 Å². The normalized spacial score (nSPS) is 26.1. The molecule has 0 unspecified atom stereocenters. The number of unbranched alkanes of at least 4 members (excludes halogenated alkanes) is 2. The molecule has 2 rings (SSSR count). The van der Waals surface area contributed by atoms with Crippen LogP contribution in [0.5, 0.6) is 0 Å². The molecule has 0 bridgehead atoms. The van der Waals surface area contributed by atoms with Crippen molar-refractivity contribution in [3.63, 3.8) is 0 Å². The molecule has 3 heteroatoms. The average molecular weight is 199 g/mol. The molecule has 0 atom stereocenters. The van der Waals surface area contributed by atoms with E-state index in [1.165, 1.54) is 12.8 Å². The zero-order chi connectivity index (χ0) is 10.0. The van der Waals surface area contributed by atoms with Gasteiger partial charge in [-0.2, -0.15) is 0 Å². The number of hydrogen-bond donors (Lipinski definition) is 2. The maximum Gasteiger partial charge on any atom is 0.0928 e. The quantitative estimate of drug-likeness (QED) is 0.616. The van der Waals surface area contributed by atoms with Gasteiger partial charge in [-0.15, -0.1) is 0 Å². The van der Waals surface area contributed by atoms with Crippen molar-refractivity contribution in [1.82, 2.24) is 4.90 Å². The second kappa shape index (κ2) is 4.17. The van der Waals surface area contributed by atoms with Crippen LogP contribution < -0.4 is 0 Å². The van der Waals surface area contributed by atoms with Crippen LogP contribution in [0.1, 0.15) is 32.1 Å². The van der Waals surface area contributed by atoms with Crippen LogP contribution >= 0.6 is 0 Å². The van der Waals surface area contributed by atoms with Crippen LogP contribution in [0.2, 0.25) is 0 Å². The Morgan fingerprint density at radius 1 is 1.14 bits per heavy atom. The number of aliphatic hydroxyl groups excluding tert-OH is 1. The number of β-amino-alcohol motifs (C(OH)–C–C–N with tert-alkyl or cyclic N) is 1. The van der Waals surface area contributed by atoms with Gasteiger partial charge in [-0.3, -0.25) is 4.90 Å². The first kappa shape index (κ1) is 10.4. The molecule has 0 amide bonds. The molecular formula is C11H21NO2. The maximum atomic E-state index is 10.0. The van der Waals surface area contributed by atoms with Crippen LogP contribution in [0.25, 0.3) is 0 Å². The Hall–Kier alpha value is -0.120. The molecule has 1 aliphatic heterocycles. The van der Waals surface area contributed by atoms with E-state index in [9.17, 15) is 5.11 Å². The molecule has 0 radical (unpaired) electrons. The summed E-state index contributed by atoms with van der Waals surface area (Å²) in [7, 11) is 0. The molecule has 1 saturated carbocycles. The van der Waals surface area contributed by atoms with E-state index in [-0.39, 0.29) is 5.60 Å². The van der Waals surface area contributed by atoms with Gasteiger partial charge in [0.1, 0.15) is 0 Å². The van der Waals surface area contributed by atoms with Crippen LogP contribution in [-0.2, 0) is 0 Å². The van der Waals surface area contributed by atoms with Crippen molar-refractivity contribution in [3.05, 3.63) is 0 Å². The van der Waals surface area contributed by atoms with Gasteiger partial charge in [0.25, 0.3) is 0 Å². The van der Waals surface area contributed by atoms with Gasteiger partial charge in [0.15, 0.2) is 0 Å². The molecule has 0 spiro atoms. The lowest BCUT2D eigenvalue weighted by Gasteiger charge is -2.47. The smallest absolute Gasteiger partial charge is 0.0928 e. The van der Waals surface area contributed by atoms with Gasteiger partial charge in [-0.1, -0.05) is 0 Å². The van der Waals surface area contributed by atoms with E-state index in [1.54, 1.807) is 0 Å². The SMILES string of the molecule is OCCCCCN1CC(O)(C2CC2)C1. The number of hydrogen-bond acceptors (Lipinski definition) is 3. The molecule has 0 aromatic carbocycles. The second-order valence-electron chi connectivity index (χ2n) is 4.87. The molecule has 1 aliphatic carbocycles. The van der Waals surface area contributed by atoms with Crippen LogP contribution in [0.15, 0.2) is 0 Å². The molecule has 2 N–H and O–H groups in total. The highest BCUT2D eigenvalue weighted by molar-refractivity contribution is 5.05. The summed E-state index contributed by atoms with van der Waals surface area (Å²) in [6.45, 7) is 3.18. The Morgan fingerprint density at radius 2 is 1.86 bits per heavy atom. The topological polar surface area (TPSA) is 43.7 Å². The predicted octanol–water partition coefficient (Wildman–Crippen LogP) is 0.606. The van der Waals surface area contributed by atoms with Crippen LogP contribution in [-0.4, -0.2) is 47.0 Å². The van der Waals surface area contributed by atoms with Crippen molar-refractivity contribution < 1.29 is 10.2 Å². The van der Waals surface area contributed by atoms with Crippen molar-refractivity contribution in [3.8, 4) is 0 Å². The first-order valence-electron chi connectivity index (χ1n) is 5.80. The van der Waals surface area contributed by atoms with E-state index in [4.69, 9.17) is 5.11 Å². The van der Waals surface area contributed by atoms with Crippen molar-refractivity contribution in [1.29, 1.82) is 0 Å². The minimum Gasteiger partial charge on any atom is -0.396 e. The summed E-state index contributed by atoms with van der Waals surface area (Å²) in [5, 5.41) is 18.7. The molecule has 2 aliphatic rings. The largest absolute Gasteiger partial charge is 0.396 e. The summed E-state index contributed by atoms with van der Waals surface area (Å²) in [5.41, 5.74) is -0.322. The van der Waals surface area contributed by atoms with E-state index in [1.807, 2.05) is 0 Å². The molecule has 0 aromatic rings. The third kappa shape index (κ3) is 2.27. The highest BCUT2D eigenvalue weighted by Gasteiger charge is 2.51. The zero-order valence-corrected chi connectivity index (χ0v) is 8.78. The number of aliphatic hydroxyl groups is 2. The summed E-state index contributed by atoms with van der Waals surface area (Å²) in [4.78, 5) is 2.33. The van der Waals surface area contributed by atoms with Crippen molar-refractivity contribution >= 4 is 0 Å². The fraction of sp³-hybridized carbons (Fsp3) is 1.00. The molecule has 0 aromatic heterocycles. The van der Waals surface area contributed by atoms with Gasteiger partial charge in [0.05, 0.1) is 5.60 Å². The third-order valence-corrected chi connectivity index (χ3v) is 3.46. The first-order valence-corrected chi connectivity index (χ1v) is 5.80. The summed E-state index contributed by atoms with van der Waals surface area (Å²) in [5.74, 6) is 0.608. The van der Waals surface area contributed by atoms with Gasteiger partial charge in [0.2, 0.25) is 0 Å². The molecule has 82 valence electrons. The van der Waals surface area contributed by atoms with E-state index < -0.39 is 0 Å². The summed E-state index contributed by atoms with van der Waals surface area (Å²) < 4.78 is 0. The highest BCUT2D eigenvalue weighted by atomic mass is 16.3. The fourth-order valence-electron chi connectivity index (χ4n) is 2.39. The average Bonchev–Trinajstić information content (AvgIpc) is 2.91. The Balaban J connectivity index is 1.54. The summed E-state index contributed by atoms with van der Waals surface area (Å²) >= 11 is 0. The molecule has 14 heavy (non-hydrogen) atoms. The second-order valence-corrected chi connectivity index (χ2v) is 4.87. The van der Waals surface area contributed by atoms with Crippen LogP contribution in [0, 0.1) is 5.92 Å². The molecule has 3 nitrogen and oxygen atoms in total. The Bertz CT molecular complexity index is 186. The minimum absolute atomic E-state index is 0.312. The zero-order valence-electron chi connectivity index (χ0n) is 8.78. The van der Waals surface area contributed by atoms with Gasteiger partial charge in [-0.05, 0) is 44.6 Å².